The summed E-state index contributed by atoms with van der Waals surface area (Å²) in [6, 6.07) is 7.51. The molecule has 2 aromatic rings. The Bertz CT molecular complexity index is 575. The van der Waals surface area contributed by atoms with Crippen LogP contribution < -0.4 is 4.74 Å². The highest BCUT2D eigenvalue weighted by molar-refractivity contribution is 5.70. The van der Waals surface area contributed by atoms with Gasteiger partial charge in [-0.05, 0) is 12.1 Å². The molecule has 94 valence electrons. The molecule has 1 aromatic heterocycles. The van der Waals surface area contributed by atoms with Crippen LogP contribution in [0.5, 0.6) is 5.75 Å². The molecule has 1 heterocycles. The number of aryl methyl sites for hydroxylation is 1. The zero-order chi connectivity index (χ0) is 13.1. The maximum atomic E-state index is 10.7. The van der Waals surface area contributed by atoms with Gasteiger partial charge in [-0.2, -0.15) is 0 Å². The second-order valence-electron chi connectivity index (χ2n) is 3.94. The zero-order valence-corrected chi connectivity index (χ0v) is 10.3. The van der Waals surface area contributed by atoms with Crippen LogP contribution in [0.4, 0.5) is 0 Å². The van der Waals surface area contributed by atoms with Crippen molar-refractivity contribution in [1.29, 1.82) is 0 Å². The van der Waals surface area contributed by atoms with E-state index in [-0.39, 0.29) is 6.42 Å². The molecule has 0 unspecified atom stereocenters. The average Bonchev–Trinajstić information content (AvgIpc) is 2.69. The summed E-state index contributed by atoms with van der Waals surface area (Å²) in [7, 11) is 3.43. The van der Waals surface area contributed by atoms with Crippen molar-refractivity contribution < 1.29 is 14.6 Å². The predicted molar refractivity (Wildman–Crippen MR) is 66.5 cm³/mol. The Morgan fingerprint density at radius 1 is 1.44 bits per heavy atom. The van der Waals surface area contributed by atoms with Crippen LogP contribution in [0.3, 0.4) is 0 Å². The molecule has 0 atom stereocenters. The number of hydrogen-bond donors (Lipinski definition) is 1. The van der Waals surface area contributed by atoms with Gasteiger partial charge in [-0.25, -0.2) is 4.98 Å². The Kier molecular flexibility index (Phi) is 3.32. The minimum atomic E-state index is -0.889. The van der Waals surface area contributed by atoms with Crippen LogP contribution in [-0.2, 0) is 18.3 Å². The number of hydrogen-bond acceptors (Lipinski definition) is 3. The molecule has 0 saturated carbocycles. The molecular weight excluding hydrogens is 232 g/mol. The Balaban J connectivity index is 2.44. The Labute approximate surface area is 105 Å². The number of aliphatic carboxylic acids is 1. The molecule has 0 saturated heterocycles. The first-order valence-electron chi connectivity index (χ1n) is 5.49. The van der Waals surface area contributed by atoms with E-state index >= 15 is 0 Å². The van der Waals surface area contributed by atoms with E-state index in [4.69, 9.17) is 9.84 Å². The van der Waals surface area contributed by atoms with Gasteiger partial charge in [-0.15, -0.1) is 0 Å². The molecule has 0 bridgehead atoms. The third-order valence-corrected chi connectivity index (χ3v) is 2.61. The molecule has 0 spiro atoms. The van der Waals surface area contributed by atoms with E-state index in [1.807, 2.05) is 31.3 Å². The van der Waals surface area contributed by atoms with Gasteiger partial charge in [-0.3, -0.25) is 4.79 Å². The predicted octanol–water partition coefficient (Wildman–Crippen LogP) is 1.72. The first-order chi connectivity index (χ1) is 8.61. The molecule has 0 amide bonds. The normalized spacial score (nSPS) is 10.3. The molecular formula is C13H14N2O3. The highest BCUT2D eigenvalue weighted by atomic mass is 16.5. The smallest absolute Gasteiger partial charge is 0.309 e. The van der Waals surface area contributed by atoms with Gasteiger partial charge in [-0.1, -0.05) is 12.1 Å². The number of para-hydroxylation sites is 1. The monoisotopic (exact) mass is 246 g/mol. The maximum absolute atomic E-state index is 10.7. The fourth-order valence-corrected chi connectivity index (χ4v) is 1.85. The fraction of sp³-hybridized carbons (Fsp3) is 0.231. The van der Waals surface area contributed by atoms with Crippen molar-refractivity contribution in [3.63, 3.8) is 0 Å². The van der Waals surface area contributed by atoms with E-state index in [0.29, 0.717) is 17.3 Å². The molecule has 0 aliphatic carbocycles. The summed E-state index contributed by atoms with van der Waals surface area (Å²) in [6.45, 7) is 0. The van der Waals surface area contributed by atoms with Crippen molar-refractivity contribution in [3.05, 3.63) is 36.2 Å². The third kappa shape index (κ3) is 2.34. The highest BCUT2D eigenvalue weighted by Crippen LogP contribution is 2.28. The van der Waals surface area contributed by atoms with E-state index in [1.165, 1.54) is 0 Å². The molecule has 2 rings (SSSR count). The van der Waals surface area contributed by atoms with Crippen molar-refractivity contribution in [2.24, 2.45) is 7.05 Å². The summed E-state index contributed by atoms with van der Waals surface area (Å²) in [5.74, 6) is 0.524. The standard InChI is InChI=1S/C13H14N2O3/c1-15-8-9(7-12(16)17)14-13(15)10-5-3-4-6-11(10)18-2/h3-6,8H,7H2,1-2H3,(H,16,17). The summed E-state index contributed by atoms with van der Waals surface area (Å²) in [5, 5.41) is 8.76. The van der Waals surface area contributed by atoms with Crippen molar-refractivity contribution in [1.82, 2.24) is 9.55 Å². The van der Waals surface area contributed by atoms with Crippen molar-refractivity contribution in [2.75, 3.05) is 7.11 Å². The van der Waals surface area contributed by atoms with Gasteiger partial charge in [0.05, 0.1) is 24.8 Å². The lowest BCUT2D eigenvalue weighted by Crippen LogP contribution is -1.99. The molecule has 1 N–H and O–H groups in total. The van der Waals surface area contributed by atoms with Crippen molar-refractivity contribution in [2.45, 2.75) is 6.42 Å². The first kappa shape index (κ1) is 12.2. The molecule has 0 aliphatic rings. The number of rotatable bonds is 4. The molecule has 5 heteroatoms. The lowest BCUT2D eigenvalue weighted by molar-refractivity contribution is -0.136. The van der Waals surface area contributed by atoms with Gasteiger partial charge in [0.1, 0.15) is 11.6 Å². The van der Waals surface area contributed by atoms with E-state index in [0.717, 1.165) is 5.56 Å². The molecule has 0 fully saturated rings. The number of imidazole rings is 1. The number of nitrogens with zero attached hydrogens (tertiary/aromatic N) is 2. The molecule has 5 nitrogen and oxygen atoms in total. The Morgan fingerprint density at radius 3 is 2.83 bits per heavy atom. The van der Waals surface area contributed by atoms with Gasteiger partial charge in [0.25, 0.3) is 0 Å². The quantitative estimate of drug-likeness (QED) is 0.892. The van der Waals surface area contributed by atoms with Gasteiger partial charge in [0.2, 0.25) is 0 Å². The highest BCUT2D eigenvalue weighted by Gasteiger charge is 2.13. The van der Waals surface area contributed by atoms with Crippen LogP contribution in [0.25, 0.3) is 11.4 Å². The Morgan fingerprint density at radius 2 is 2.17 bits per heavy atom. The summed E-state index contributed by atoms with van der Waals surface area (Å²) in [4.78, 5) is 15.0. The number of carboxylic acids is 1. The summed E-state index contributed by atoms with van der Waals surface area (Å²) < 4.78 is 7.08. The van der Waals surface area contributed by atoms with Crippen LogP contribution in [0.15, 0.2) is 30.5 Å². The average molecular weight is 246 g/mol. The first-order valence-corrected chi connectivity index (χ1v) is 5.49. The van der Waals surface area contributed by atoms with Gasteiger partial charge in [0.15, 0.2) is 0 Å². The molecule has 1 aromatic carbocycles. The van der Waals surface area contributed by atoms with Crippen molar-refractivity contribution in [3.8, 4) is 17.1 Å². The zero-order valence-electron chi connectivity index (χ0n) is 10.3. The topological polar surface area (TPSA) is 64.3 Å². The lowest BCUT2D eigenvalue weighted by atomic mass is 10.2. The van der Waals surface area contributed by atoms with Crippen LogP contribution >= 0.6 is 0 Å². The van der Waals surface area contributed by atoms with Crippen LogP contribution in [0.2, 0.25) is 0 Å². The lowest BCUT2D eigenvalue weighted by Gasteiger charge is -2.07. The summed E-state index contributed by atoms with van der Waals surface area (Å²) in [6.07, 6.45) is 1.64. The number of ether oxygens (including phenoxy) is 1. The van der Waals surface area contributed by atoms with E-state index in [9.17, 15) is 4.79 Å². The molecule has 0 aliphatic heterocycles. The van der Waals surface area contributed by atoms with E-state index < -0.39 is 5.97 Å². The van der Waals surface area contributed by atoms with E-state index in [2.05, 4.69) is 4.98 Å². The Hall–Kier alpha value is -2.30. The van der Waals surface area contributed by atoms with Gasteiger partial charge < -0.3 is 14.4 Å². The van der Waals surface area contributed by atoms with Crippen LogP contribution in [0.1, 0.15) is 5.69 Å². The van der Waals surface area contributed by atoms with Gasteiger partial charge in [0, 0.05) is 13.2 Å². The number of aromatic nitrogens is 2. The fourth-order valence-electron chi connectivity index (χ4n) is 1.85. The number of carbonyl (C=O) groups is 1. The van der Waals surface area contributed by atoms with Gasteiger partial charge >= 0.3 is 5.97 Å². The second-order valence-corrected chi connectivity index (χ2v) is 3.94. The van der Waals surface area contributed by atoms with Crippen molar-refractivity contribution >= 4 is 5.97 Å². The minimum Gasteiger partial charge on any atom is -0.496 e. The summed E-state index contributed by atoms with van der Waals surface area (Å²) in [5.41, 5.74) is 1.38. The number of benzene rings is 1. The SMILES string of the molecule is COc1ccccc1-c1nc(CC(=O)O)cn1C. The largest absolute Gasteiger partial charge is 0.496 e. The van der Waals surface area contributed by atoms with Crippen LogP contribution in [-0.4, -0.2) is 27.7 Å². The number of methoxy groups -OCH3 is 1. The third-order valence-electron chi connectivity index (χ3n) is 2.61. The summed E-state index contributed by atoms with van der Waals surface area (Å²) >= 11 is 0. The number of carboxylic acid groups (broad SMARTS) is 1. The second kappa shape index (κ2) is 4.91. The molecule has 0 radical (unpaired) electrons. The molecule has 18 heavy (non-hydrogen) atoms. The minimum absolute atomic E-state index is 0.0804. The maximum Gasteiger partial charge on any atom is 0.309 e. The van der Waals surface area contributed by atoms with E-state index in [1.54, 1.807) is 17.9 Å². The van der Waals surface area contributed by atoms with Crippen LogP contribution in [0, 0.1) is 0 Å².